The molecule has 0 aliphatic rings. The summed E-state index contributed by atoms with van der Waals surface area (Å²) in [5, 5.41) is 3.01. The summed E-state index contributed by atoms with van der Waals surface area (Å²) in [7, 11) is -0.561. The van der Waals surface area contributed by atoms with Gasteiger partial charge in [0.25, 0.3) is 0 Å². The van der Waals surface area contributed by atoms with Gasteiger partial charge in [-0.15, -0.1) is 0 Å². The van der Waals surface area contributed by atoms with Crippen molar-refractivity contribution in [3.63, 3.8) is 0 Å². The Morgan fingerprint density at radius 2 is 1.43 bits per heavy atom. The maximum atomic E-state index is 13.2. The topological polar surface area (TPSA) is 84.9 Å². The maximum Gasteiger partial charge on any atom is 0.244 e. The number of benzene rings is 2. The molecule has 0 heterocycles. The fourth-order valence-corrected chi connectivity index (χ4v) is 4.53. The second kappa shape index (κ2) is 10.3. The van der Waals surface area contributed by atoms with Crippen molar-refractivity contribution >= 4 is 21.6 Å². The highest BCUT2D eigenvalue weighted by Crippen LogP contribution is 2.26. The molecule has 0 saturated carbocycles. The van der Waals surface area contributed by atoms with Gasteiger partial charge in [0, 0.05) is 0 Å². The number of amides is 1. The standard InChI is InChI=1S/C22H30N2O5S/c1-6-20(16-8-12-18(28-3)13-9-16)23-22(25)21(7-2)24(30(5,26)27)17-10-14-19(29-4)15-11-17/h8-15,20-21H,6-7H2,1-5H3,(H,23,25)/t20-,21-/m0/s1. The lowest BCUT2D eigenvalue weighted by Gasteiger charge is -2.31. The molecule has 164 valence electrons. The van der Waals surface area contributed by atoms with Crippen LogP contribution in [0.15, 0.2) is 48.5 Å². The van der Waals surface area contributed by atoms with Crippen molar-refractivity contribution < 1.29 is 22.7 Å². The molecule has 0 spiro atoms. The van der Waals surface area contributed by atoms with Gasteiger partial charge in [-0.1, -0.05) is 26.0 Å². The predicted octanol–water partition coefficient (Wildman–Crippen LogP) is 3.52. The second-order valence-corrected chi connectivity index (χ2v) is 8.78. The molecule has 2 rings (SSSR count). The molecule has 8 heteroatoms. The first-order valence-electron chi connectivity index (χ1n) is 9.82. The van der Waals surface area contributed by atoms with Gasteiger partial charge in [-0.2, -0.15) is 0 Å². The smallest absolute Gasteiger partial charge is 0.244 e. The Labute approximate surface area is 179 Å². The molecule has 1 amide bonds. The van der Waals surface area contributed by atoms with E-state index in [1.54, 1.807) is 38.3 Å². The molecule has 30 heavy (non-hydrogen) atoms. The van der Waals surface area contributed by atoms with E-state index in [4.69, 9.17) is 9.47 Å². The van der Waals surface area contributed by atoms with Crippen LogP contribution in [0, 0.1) is 0 Å². The molecule has 0 unspecified atom stereocenters. The van der Waals surface area contributed by atoms with Crippen molar-refractivity contribution in [3.05, 3.63) is 54.1 Å². The second-order valence-electron chi connectivity index (χ2n) is 6.92. The van der Waals surface area contributed by atoms with Gasteiger partial charge in [-0.05, 0) is 54.8 Å². The van der Waals surface area contributed by atoms with Gasteiger partial charge < -0.3 is 14.8 Å². The third kappa shape index (κ3) is 5.66. The molecule has 0 saturated heterocycles. The minimum absolute atomic E-state index is 0.241. The van der Waals surface area contributed by atoms with E-state index >= 15 is 0 Å². The number of ether oxygens (including phenoxy) is 2. The van der Waals surface area contributed by atoms with Gasteiger partial charge in [0.05, 0.1) is 32.2 Å². The SMILES string of the molecule is CC[C@H](NC(=O)[C@H](CC)N(c1ccc(OC)cc1)S(C)(=O)=O)c1ccc(OC)cc1. The fraction of sp³-hybridized carbons (Fsp3) is 0.409. The molecule has 2 aromatic carbocycles. The first-order valence-corrected chi connectivity index (χ1v) is 11.7. The monoisotopic (exact) mass is 434 g/mol. The molecular formula is C22H30N2O5S. The van der Waals surface area contributed by atoms with Crippen molar-refractivity contribution in [3.8, 4) is 11.5 Å². The van der Waals surface area contributed by atoms with E-state index in [9.17, 15) is 13.2 Å². The van der Waals surface area contributed by atoms with Crippen LogP contribution in [0.4, 0.5) is 5.69 Å². The minimum atomic E-state index is -3.69. The van der Waals surface area contributed by atoms with Crippen LogP contribution in [0.2, 0.25) is 0 Å². The molecule has 0 bridgehead atoms. The summed E-state index contributed by atoms with van der Waals surface area (Å²) in [6.45, 7) is 3.76. The largest absolute Gasteiger partial charge is 0.497 e. The van der Waals surface area contributed by atoms with Crippen LogP contribution in [0.1, 0.15) is 38.3 Å². The molecule has 2 aromatic rings. The number of carbonyl (C=O) groups is 1. The Morgan fingerprint density at radius 3 is 1.83 bits per heavy atom. The number of sulfonamides is 1. The lowest BCUT2D eigenvalue weighted by atomic mass is 10.0. The Kier molecular flexibility index (Phi) is 8.11. The lowest BCUT2D eigenvalue weighted by molar-refractivity contribution is -0.123. The average Bonchev–Trinajstić information content (AvgIpc) is 2.75. The Morgan fingerprint density at radius 1 is 0.933 bits per heavy atom. The average molecular weight is 435 g/mol. The van der Waals surface area contributed by atoms with Crippen molar-refractivity contribution in [2.24, 2.45) is 0 Å². The number of hydrogen-bond acceptors (Lipinski definition) is 5. The van der Waals surface area contributed by atoms with Gasteiger partial charge in [-0.25, -0.2) is 8.42 Å². The van der Waals surface area contributed by atoms with E-state index in [0.29, 0.717) is 24.3 Å². The van der Waals surface area contributed by atoms with Crippen LogP contribution in [0.5, 0.6) is 11.5 Å². The number of nitrogens with zero attached hydrogens (tertiary/aromatic N) is 1. The number of anilines is 1. The Bertz CT molecular complexity index is 927. The van der Waals surface area contributed by atoms with Crippen molar-refractivity contribution in [1.82, 2.24) is 5.32 Å². The zero-order valence-electron chi connectivity index (χ0n) is 18.1. The number of methoxy groups -OCH3 is 2. The van der Waals surface area contributed by atoms with Gasteiger partial charge in [-0.3, -0.25) is 9.10 Å². The summed E-state index contributed by atoms with van der Waals surface area (Å²) in [6.07, 6.45) is 2.09. The molecule has 1 N–H and O–H groups in total. The van der Waals surface area contributed by atoms with Gasteiger partial charge in [0.2, 0.25) is 15.9 Å². The summed E-state index contributed by atoms with van der Waals surface area (Å²) in [5.74, 6) is 0.991. The first kappa shape index (κ1) is 23.5. The summed E-state index contributed by atoms with van der Waals surface area (Å²) in [4.78, 5) is 13.2. The summed E-state index contributed by atoms with van der Waals surface area (Å²) >= 11 is 0. The fourth-order valence-electron chi connectivity index (χ4n) is 3.31. The molecule has 7 nitrogen and oxygen atoms in total. The number of carbonyl (C=O) groups excluding carboxylic acids is 1. The van der Waals surface area contributed by atoms with Crippen LogP contribution >= 0.6 is 0 Å². The van der Waals surface area contributed by atoms with E-state index < -0.39 is 16.1 Å². The van der Waals surface area contributed by atoms with Crippen LogP contribution in [-0.2, 0) is 14.8 Å². The molecule has 0 radical (unpaired) electrons. The van der Waals surface area contributed by atoms with Crippen molar-refractivity contribution in [2.75, 3.05) is 24.8 Å². The van der Waals surface area contributed by atoms with Crippen LogP contribution in [0.3, 0.4) is 0 Å². The quantitative estimate of drug-likeness (QED) is 0.618. The van der Waals surface area contributed by atoms with Crippen molar-refractivity contribution in [1.29, 1.82) is 0 Å². The highest BCUT2D eigenvalue weighted by molar-refractivity contribution is 7.92. The zero-order chi connectivity index (χ0) is 22.3. The predicted molar refractivity (Wildman–Crippen MR) is 119 cm³/mol. The number of nitrogens with one attached hydrogen (secondary N) is 1. The van der Waals surface area contributed by atoms with Gasteiger partial charge in [0.15, 0.2) is 0 Å². The van der Waals surface area contributed by atoms with Crippen molar-refractivity contribution in [2.45, 2.75) is 38.8 Å². The van der Waals surface area contributed by atoms with E-state index in [2.05, 4.69) is 5.32 Å². The normalized spacial score (nSPS) is 13.2. The summed E-state index contributed by atoms with van der Waals surface area (Å²) in [6, 6.07) is 13.0. The zero-order valence-corrected chi connectivity index (χ0v) is 18.9. The molecule has 2 atom stereocenters. The first-order chi connectivity index (χ1) is 14.2. The minimum Gasteiger partial charge on any atom is -0.497 e. The lowest BCUT2D eigenvalue weighted by Crippen LogP contribution is -2.50. The number of hydrogen-bond donors (Lipinski definition) is 1. The maximum absolute atomic E-state index is 13.2. The molecule has 0 aliphatic heterocycles. The highest BCUT2D eigenvalue weighted by Gasteiger charge is 2.32. The molecule has 0 aromatic heterocycles. The van der Waals surface area contributed by atoms with Crippen LogP contribution in [0.25, 0.3) is 0 Å². The summed E-state index contributed by atoms with van der Waals surface area (Å²) in [5.41, 5.74) is 1.34. The van der Waals surface area contributed by atoms with Crippen LogP contribution < -0.4 is 19.1 Å². The van der Waals surface area contributed by atoms with E-state index in [1.807, 2.05) is 31.2 Å². The molecule has 0 fully saturated rings. The Hall–Kier alpha value is -2.74. The van der Waals surface area contributed by atoms with Crippen LogP contribution in [-0.4, -0.2) is 40.8 Å². The molecular weight excluding hydrogens is 404 g/mol. The van der Waals surface area contributed by atoms with E-state index in [-0.39, 0.29) is 11.9 Å². The molecule has 0 aliphatic carbocycles. The van der Waals surface area contributed by atoms with Gasteiger partial charge >= 0.3 is 0 Å². The Balaban J connectivity index is 2.31. The van der Waals surface area contributed by atoms with E-state index in [0.717, 1.165) is 17.6 Å². The third-order valence-electron chi connectivity index (χ3n) is 4.90. The summed E-state index contributed by atoms with van der Waals surface area (Å²) < 4.78 is 36.7. The highest BCUT2D eigenvalue weighted by atomic mass is 32.2. The number of rotatable bonds is 10. The van der Waals surface area contributed by atoms with E-state index in [1.165, 1.54) is 11.4 Å². The van der Waals surface area contributed by atoms with Gasteiger partial charge in [0.1, 0.15) is 17.5 Å². The third-order valence-corrected chi connectivity index (χ3v) is 6.08.